The molecule has 0 N–H and O–H groups in total. The fourth-order valence-corrected chi connectivity index (χ4v) is 2.61. The number of nitro benzene ring substituents is 1. The second kappa shape index (κ2) is 7.14. The first kappa shape index (κ1) is 17.3. The van der Waals surface area contributed by atoms with Crippen LogP contribution in [0.1, 0.15) is 0 Å². The number of hydrogen-bond acceptors (Lipinski definition) is 7. The van der Waals surface area contributed by atoms with Gasteiger partial charge in [0.2, 0.25) is 0 Å². The van der Waals surface area contributed by atoms with Gasteiger partial charge in [-0.25, -0.2) is 0 Å². The molecule has 0 saturated carbocycles. The molecule has 8 nitrogen and oxygen atoms in total. The number of hydrogen-bond donors (Lipinski definition) is 0. The summed E-state index contributed by atoms with van der Waals surface area (Å²) in [7, 11) is 4.60. The number of nitrogens with zero attached hydrogens (tertiary/aromatic N) is 2. The number of methoxy groups -OCH3 is 3. The predicted octanol–water partition coefficient (Wildman–Crippen LogP) is 3.94. The van der Waals surface area contributed by atoms with Gasteiger partial charge in [0.15, 0.2) is 17.3 Å². The molecule has 0 fully saturated rings. The standard InChI is InChI=1S/C18H16N2O6/c1-23-15-9-17(25-3)16(24-2)8-13(15)18-14(10-19-26-18)11-4-6-12(7-5-11)20(21)22/h4-10H,1-3H3. The monoisotopic (exact) mass is 356 g/mol. The van der Waals surface area contributed by atoms with E-state index in [1.54, 1.807) is 30.5 Å². The highest BCUT2D eigenvalue weighted by Gasteiger charge is 2.21. The van der Waals surface area contributed by atoms with E-state index in [-0.39, 0.29) is 5.69 Å². The quantitative estimate of drug-likeness (QED) is 0.487. The minimum atomic E-state index is -0.449. The Bertz CT molecular complexity index is 933. The SMILES string of the molecule is COc1cc(OC)c(-c2oncc2-c2ccc([N+](=O)[O-])cc2)cc1OC. The zero-order chi connectivity index (χ0) is 18.7. The van der Waals surface area contributed by atoms with E-state index in [9.17, 15) is 10.1 Å². The van der Waals surface area contributed by atoms with E-state index < -0.39 is 4.92 Å². The summed E-state index contributed by atoms with van der Waals surface area (Å²) in [6, 6.07) is 9.56. The van der Waals surface area contributed by atoms with Crippen LogP contribution in [-0.2, 0) is 0 Å². The van der Waals surface area contributed by atoms with Gasteiger partial charge in [-0.05, 0) is 23.8 Å². The van der Waals surface area contributed by atoms with Crippen LogP contribution in [0.15, 0.2) is 47.1 Å². The minimum absolute atomic E-state index is 0.00968. The molecule has 0 aliphatic rings. The van der Waals surface area contributed by atoms with Gasteiger partial charge in [0.25, 0.3) is 5.69 Å². The van der Waals surface area contributed by atoms with Crippen molar-refractivity contribution in [1.29, 1.82) is 0 Å². The summed E-state index contributed by atoms with van der Waals surface area (Å²) in [5.41, 5.74) is 2.03. The smallest absolute Gasteiger partial charge is 0.269 e. The van der Waals surface area contributed by atoms with Crippen molar-refractivity contribution in [1.82, 2.24) is 5.16 Å². The molecule has 0 saturated heterocycles. The average molecular weight is 356 g/mol. The van der Waals surface area contributed by atoms with Crippen LogP contribution < -0.4 is 14.2 Å². The van der Waals surface area contributed by atoms with Gasteiger partial charge in [0.05, 0.1) is 38.0 Å². The molecular weight excluding hydrogens is 340 g/mol. The molecule has 0 bridgehead atoms. The van der Waals surface area contributed by atoms with Gasteiger partial charge in [0, 0.05) is 23.8 Å². The first-order valence-electron chi connectivity index (χ1n) is 7.59. The third-order valence-corrected chi connectivity index (χ3v) is 3.91. The Morgan fingerprint density at radius 1 is 0.923 bits per heavy atom. The van der Waals surface area contributed by atoms with Crippen molar-refractivity contribution in [2.75, 3.05) is 21.3 Å². The van der Waals surface area contributed by atoms with Gasteiger partial charge < -0.3 is 18.7 Å². The number of rotatable bonds is 6. The van der Waals surface area contributed by atoms with Crippen LogP contribution >= 0.6 is 0 Å². The summed E-state index contributed by atoms with van der Waals surface area (Å²) < 4.78 is 21.5. The zero-order valence-electron chi connectivity index (χ0n) is 14.4. The summed E-state index contributed by atoms with van der Waals surface area (Å²) in [4.78, 5) is 10.4. The number of aromatic nitrogens is 1. The van der Waals surface area contributed by atoms with Crippen LogP contribution in [0.4, 0.5) is 5.69 Å². The lowest BCUT2D eigenvalue weighted by molar-refractivity contribution is -0.384. The van der Waals surface area contributed by atoms with Crippen LogP contribution in [0.25, 0.3) is 22.5 Å². The van der Waals surface area contributed by atoms with Crippen molar-refractivity contribution in [3.63, 3.8) is 0 Å². The topological polar surface area (TPSA) is 96.9 Å². The summed E-state index contributed by atoms with van der Waals surface area (Å²) in [6.45, 7) is 0. The van der Waals surface area contributed by atoms with Crippen LogP contribution in [-0.4, -0.2) is 31.4 Å². The van der Waals surface area contributed by atoms with Gasteiger partial charge in [-0.1, -0.05) is 5.16 Å². The number of ether oxygens (including phenoxy) is 3. The zero-order valence-corrected chi connectivity index (χ0v) is 14.4. The van der Waals surface area contributed by atoms with E-state index in [4.69, 9.17) is 18.7 Å². The fourth-order valence-electron chi connectivity index (χ4n) is 2.61. The van der Waals surface area contributed by atoms with Crippen molar-refractivity contribution in [3.05, 3.63) is 52.7 Å². The van der Waals surface area contributed by atoms with E-state index in [1.807, 2.05) is 0 Å². The largest absolute Gasteiger partial charge is 0.496 e. The van der Waals surface area contributed by atoms with Gasteiger partial charge >= 0.3 is 0 Å². The molecule has 0 aliphatic heterocycles. The number of non-ortho nitro benzene ring substituents is 1. The number of nitro groups is 1. The first-order chi connectivity index (χ1) is 12.6. The molecule has 1 heterocycles. The highest BCUT2D eigenvalue weighted by molar-refractivity contribution is 5.83. The maximum Gasteiger partial charge on any atom is 0.269 e. The van der Waals surface area contributed by atoms with Gasteiger partial charge in [-0.2, -0.15) is 0 Å². The van der Waals surface area contributed by atoms with Gasteiger partial charge in [-0.15, -0.1) is 0 Å². The molecule has 134 valence electrons. The van der Waals surface area contributed by atoms with E-state index in [0.717, 1.165) is 5.56 Å². The molecule has 2 aromatic carbocycles. The summed E-state index contributed by atoms with van der Waals surface area (Å²) >= 11 is 0. The summed E-state index contributed by atoms with van der Waals surface area (Å²) in [6.07, 6.45) is 1.55. The molecule has 0 amide bonds. The second-order valence-electron chi connectivity index (χ2n) is 5.28. The molecule has 0 unspecified atom stereocenters. The Kier molecular flexibility index (Phi) is 4.74. The average Bonchev–Trinajstić information content (AvgIpc) is 3.16. The molecule has 0 atom stereocenters. The molecule has 0 aliphatic carbocycles. The van der Waals surface area contributed by atoms with Crippen molar-refractivity contribution in [2.24, 2.45) is 0 Å². The number of benzene rings is 2. The Morgan fingerprint density at radius 3 is 2.12 bits per heavy atom. The van der Waals surface area contributed by atoms with E-state index in [0.29, 0.717) is 34.1 Å². The molecule has 26 heavy (non-hydrogen) atoms. The van der Waals surface area contributed by atoms with Crippen LogP contribution in [0, 0.1) is 10.1 Å². The van der Waals surface area contributed by atoms with Crippen LogP contribution in [0.5, 0.6) is 17.2 Å². The highest BCUT2D eigenvalue weighted by atomic mass is 16.6. The fraction of sp³-hybridized carbons (Fsp3) is 0.167. The molecule has 3 aromatic rings. The van der Waals surface area contributed by atoms with E-state index in [1.165, 1.54) is 33.5 Å². The van der Waals surface area contributed by atoms with Gasteiger partial charge in [-0.3, -0.25) is 10.1 Å². The molecule has 0 radical (unpaired) electrons. The predicted molar refractivity (Wildman–Crippen MR) is 93.7 cm³/mol. The van der Waals surface area contributed by atoms with Crippen LogP contribution in [0.3, 0.4) is 0 Å². The molecule has 8 heteroatoms. The first-order valence-corrected chi connectivity index (χ1v) is 7.59. The van der Waals surface area contributed by atoms with Crippen LogP contribution in [0.2, 0.25) is 0 Å². The van der Waals surface area contributed by atoms with Crippen molar-refractivity contribution in [2.45, 2.75) is 0 Å². The third-order valence-electron chi connectivity index (χ3n) is 3.91. The Morgan fingerprint density at radius 2 is 1.54 bits per heavy atom. The highest BCUT2D eigenvalue weighted by Crippen LogP contribution is 2.43. The van der Waals surface area contributed by atoms with E-state index >= 15 is 0 Å². The second-order valence-corrected chi connectivity index (χ2v) is 5.28. The van der Waals surface area contributed by atoms with Crippen molar-refractivity contribution >= 4 is 5.69 Å². The van der Waals surface area contributed by atoms with Crippen molar-refractivity contribution in [3.8, 4) is 39.7 Å². The van der Waals surface area contributed by atoms with Gasteiger partial charge in [0.1, 0.15) is 5.75 Å². The van der Waals surface area contributed by atoms with Crippen molar-refractivity contribution < 1.29 is 23.7 Å². The Hall–Kier alpha value is -3.55. The third kappa shape index (κ3) is 3.04. The Labute approximate surface area is 149 Å². The maximum atomic E-state index is 10.8. The summed E-state index contributed by atoms with van der Waals surface area (Å²) in [5.74, 6) is 2.00. The maximum absolute atomic E-state index is 10.8. The Balaban J connectivity index is 2.12. The normalized spacial score (nSPS) is 10.4. The lowest BCUT2D eigenvalue weighted by Crippen LogP contribution is -1.95. The molecular formula is C18H16N2O6. The lowest BCUT2D eigenvalue weighted by atomic mass is 10.0. The molecule has 0 spiro atoms. The summed E-state index contributed by atoms with van der Waals surface area (Å²) in [5, 5.41) is 14.7. The molecule has 3 rings (SSSR count). The lowest BCUT2D eigenvalue weighted by Gasteiger charge is -2.13. The molecule has 1 aromatic heterocycles. The van der Waals surface area contributed by atoms with E-state index in [2.05, 4.69) is 5.16 Å². The minimum Gasteiger partial charge on any atom is -0.496 e.